The van der Waals surface area contributed by atoms with Crippen molar-refractivity contribution in [2.75, 3.05) is 6.61 Å². The Kier molecular flexibility index (Phi) is 3.74. The normalized spacial score (nSPS) is 10.4. The van der Waals surface area contributed by atoms with Crippen molar-refractivity contribution in [2.45, 2.75) is 13.5 Å². The molecule has 20 heavy (non-hydrogen) atoms. The zero-order valence-electron chi connectivity index (χ0n) is 10.6. The standard InChI is InChI=1S/C12H11N3O5/c1-2-20-11(16)7-14-12(17)8-4-3-5-10(15(18)19)9(8)6-13-14/h3-6H,2,7H2,1H3. The molecule has 2 aromatic rings. The first-order valence-electron chi connectivity index (χ1n) is 5.83. The van der Waals surface area contributed by atoms with Gasteiger partial charge in [-0.2, -0.15) is 5.10 Å². The third kappa shape index (κ3) is 2.48. The van der Waals surface area contributed by atoms with Gasteiger partial charge in [0, 0.05) is 6.07 Å². The van der Waals surface area contributed by atoms with Crippen LogP contribution in [0, 0.1) is 10.1 Å². The molecule has 0 N–H and O–H groups in total. The van der Waals surface area contributed by atoms with Crippen molar-refractivity contribution in [1.82, 2.24) is 9.78 Å². The molecule has 1 aromatic heterocycles. The van der Waals surface area contributed by atoms with E-state index in [0.29, 0.717) is 0 Å². The van der Waals surface area contributed by atoms with Gasteiger partial charge in [-0.1, -0.05) is 6.07 Å². The molecular formula is C12H11N3O5. The van der Waals surface area contributed by atoms with E-state index in [2.05, 4.69) is 5.10 Å². The molecule has 0 radical (unpaired) electrons. The Morgan fingerprint density at radius 3 is 2.85 bits per heavy atom. The summed E-state index contributed by atoms with van der Waals surface area (Å²) in [5.74, 6) is -0.591. The van der Waals surface area contributed by atoms with Crippen molar-refractivity contribution >= 4 is 22.4 Å². The van der Waals surface area contributed by atoms with E-state index in [1.165, 1.54) is 24.4 Å². The summed E-state index contributed by atoms with van der Waals surface area (Å²) in [6.45, 7) is 1.52. The number of benzene rings is 1. The first-order valence-corrected chi connectivity index (χ1v) is 5.83. The van der Waals surface area contributed by atoms with E-state index >= 15 is 0 Å². The van der Waals surface area contributed by atoms with Crippen LogP contribution < -0.4 is 5.56 Å². The van der Waals surface area contributed by atoms with Crippen molar-refractivity contribution in [3.63, 3.8) is 0 Å². The van der Waals surface area contributed by atoms with Gasteiger partial charge in [0.25, 0.3) is 11.2 Å². The first-order chi connectivity index (χ1) is 9.54. The number of aromatic nitrogens is 2. The number of ether oxygens (including phenoxy) is 1. The number of hydrogen-bond donors (Lipinski definition) is 0. The van der Waals surface area contributed by atoms with Gasteiger partial charge in [-0.25, -0.2) is 4.68 Å². The van der Waals surface area contributed by atoms with Crippen LogP contribution in [0.1, 0.15) is 6.92 Å². The number of esters is 1. The van der Waals surface area contributed by atoms with Crippen LogP contribution in [0.5, 0.6) is 0 Å². The lowest BCUT2D eigenvalue weighted by Gasteiger charge is -2.05. The minimum atomic E-state index is -0.591. The molecule has 0 bridgehead atoms. The van der Waals surface area contributed by atoms with Crippen LogP contribution in [0.2, 0.25) is 0 Å². The second-order valence-electron chi connectivity index (χ2n) is 3.91. The number of hydrogen-bond acceptors (Lipinski definition) is 6. The minimum Gasteiger partial charge on any atom is -0.465 e. The van der Waals surface area contributed by atoms with Gasteiger partial charge < -0.3 is 4.74 Å². The lowest BCUT2D eigenvalue weighted by Crippen LogP contribution is -2.27. The number of nitro benzene ring substituents is 1. The molecule has 0 amide bonds. The predicted molar refractivity (Wildman–Crippen MR) is 69.3 cm³/mol. The molecule has 8 heteroatoms. The van der Waals surface area contributed by atoms with Gasteiger partial charge in [0.2, 0.25) is 0 Å². The maximum Gasteiger partial charge on any atom is 0.327 e. The zero-order chi connectivity index (χ0) is 14.7. The molecule has 0 spiro atoms. The molecule has 104 valence electrons. The molecule has 0 aliphatic heterocycles. The number of carbonyl (C=O) groups excluding carboxylic acids is 1. The number of rotatable bonds is 4. The van der Waals surface area contributed by atoms with Crippen LogP contribution in [0.3, 0.4) is 0 Å². The van der Waals surface area contributed by atoms with E-state index in [1.54, 1.807) is 6.92 Å². The lowest BCUT2D eigenvalue weighted by molar-refractivity contribution is -0.383. The number of carbonyl (C=O) groups is 1. The summed E-state index contributed by atoms with van der Waals surface area (Å²) in [6, 6.07) is 4.16. The van der Waals surface area contributed by atoms with Crippen LogP contribution in [0.25, 0.3) is 10.8 Å². The Morgan fingerprint density at radius 1 is 1.45 bits per heavy atom. The topological polar surface area (TPSA) is 104 Å². The van der Waals surface area contributed by atoms with E-state index in [9.17, 15) is 19.7 Å². The summed E-state index contributed by atoms with van der Waals surface area (Å²) in [5.41, 5.74) is -0.769. The van der Waals surface area contributed by atoms with Gasteiger partial charge in [0.05, 0.1) is 28.5 Å². The fourth-order valence-electron chi connectivity index (χ4n) is 1.79. The van der Waals surface area contributed by atoms with E-state index in [-0.39, 0.29) is 29.6 Å². The molecule has 0 saturated carbocycles. The van der Waals surface area contributed by atoms with Gasteiger partial charge in [-0.15, -0.1) is 0 Å². The van der Waals surface area contributed by atoms with Crippen LogP contribution >= 0.6 is 0 Å². The Labute approximate surface area is 112 Å². The highest BCUT2D eigenvalue weighted by Crippen LogP contribution is 2.21. The maximum atomic E-state index is 12.1. The SMILES string of the molecule is CCOC(=O)Cn1ncc2c([N+](=O)[O-])cccc2c1=O. The summed E-state index contributed by atoms with van der Waals surface area (Å²) in [5, 5.41) is 14.9. The highest BCUT2D eigenvalue weighted by molar-refractivity contribution is 5.89. The van der Waals surface area contributed by atoms with Gasteiger partial charge in [0.15, 0.2) is 0 Å². The summed E-state index contributed by atoms with van der Waals surface area (Å²) >= 11 is 0. The molecule has 0 fully saturated rings. The Balaban J connectivity index is 2.52. The zero-order valence-corrected chi connectivity index (χ0v) is 10.6. The summed E-state index contributed by atoms with van der Waals surface area (Å²) in [7, 11) is 0. The number of non-ortho nitro benzene ring substituents is 1. The van der Waals surface area contributed by atoms with Gasteiger partial charge in [0.1, 0.15) is 6.54 Å². The molecule has 1 aromatic carbocycles. The van der Waals surface area contributed by atoms with Crippen molar-refractivity contribution in [3.05, 3.63) is 44.9 Å². The highest BCUT2D eigenvalue weighted by atomic mass is 16.6. The Bertz CT molecular complexity index is 737. The van der Waals surface area contributed by atoms with E-state index in [0.717, 1.165) is 4.68 Å². The molecule has 1 heterocycles. The molecule has 2 rings (SSSR count). The van der Waals surface area contributed by atoms with E-state index < -0.39 is 16.5 Å². The molecule has 0 unspecified atom stereocenters. The van der Waals surface area contributed by atoms with Crippen LogP contribution in [0.4, 0.5) is 5.69 Å². The summed E-state index contributed by atoms with van der Waals surface area (Å²) < 4.78 is 5.65. The molecular weight excluding hydrogens is 266 g/mol. The second-order valence-corrected chi connectivity index (χ2v) is 3.91. The monoisotopic (exact) mass is 277 g/mol. The second kappa shape index (κ2) is 5.47. The van der Waals surface area contributed by atoms with E-state index in [1.807, 2.05) is 0 Å². The molecule has 8 nitrogen and oxygen atoms in total. The molecule has 0 atom stereocenters. The van der Waals surface area contributed by atoms with Crippen molar-refractivity contribution in [1.29, 1.82) is 0 Å². The lowest BCUT2D eigenvalue weighted by atomic mass is 10.1. The number of nitro groups is 1. The maximum absolute atomic E-state index is 12.1. The fraction of sp³-hybridized carbons (Fsp3) is 0.250. The van der Waals surface area contributed by atoms with Gasteiger partial charge >= 0.3 is 5.97 Å². The largest absolute Gasteiger partial charge is 0.465 e. The van der Waals surface area contributed by atoms with Crippen molar-refractivity contribution in [3.8, 4) is 0 Å². The Hall–Kier alpha value is -2.77. The fourth-order valence-corrected chi connectivity index (χ4v) is 1.79. The predicted octanol–water partition coefficient (Wildman–Crippen LogP) is 0.868. The Morgan fingerprint density at radius 2 is 2.20 bits per heavy atom. The highest BCUT2D eigenvalue weighted by Gasteiger charge is 2.16. The third-order valence-electron chi connectivity index (χ3n) is 2.66. The van der Waals surface area contributed by atoms with E-state index in [4.69, 9.17) is 4.74 Å². The van der Waals surface area contributed by atoms with Crippen LogP contribution in [0.15, 0.2) is 29.2 Å². The summed E-state index contributed by atoms with van der Waals surface area (Å²) in [4.78, 5) is 33.7. The minimum absolute atomic E-state index is 0.137. The first kappa shape index (κ1) is 13.7. The van der Waals surface area contributed by atoms with Crippen LogP contribution in [-0.2, 0) is 16.1 Å². The van der Waals surface area contributed by atoms with Gasteiger partial charge in [-0.05, 0) is 13.0 Å². The molecule has 0 aliphatic carbocycles. The van der Waals surface area contributed by atoms with Gasteiger partial charge in [-0.3, -0.25) is 19.7 Å². The van der Waals surface area contributed by atoms with Crippen molar-refractivity contribution < 1.29 is 14.5 Å². The summed E-state index contributed by atoms with van der Waals surface area (Å²) in [6.07, 6.45) is 1.20. The molecule has 0 saturated heterocycles. The average molecular weight is 277 g/mol. The number of fused-ring (bicyclic) bond motifs is 1. The average Bonchev–Trinajstić information content (AvgIpc) is 2.41. The quantitative estimate of drug-likeness (QED) is 0.466. The number of nitrogens with zero attached hydrogens (tertiary/aromatic N) is 3. The third-order valence-corrected chi connectivity index (χ3v) is 2.66. The van der Waals surface area contributed by atoms with Crippen LogP contribution in [-0.4, -0.2) is 27.3 Å². The smallest absolute Gasteiger partial charge is 0.327 e. The van der Waals surface area contributed by atoms with Crippen molar-refractivity contribution in [2.24, 2.45) is 0 Å². The molecule has 0 aliphatic rings.